The fraction of sp³-hybridized carbons (Fsp3) is 0.450. The number of carbonyl (C=O) groups excluding carboxylic acids is 3. The first kappa shape index (κ1) is 18.2. The van der Waals surface area contributed by atoms with Crippen LogP contribution in [-0.2, 0) is 20.8 Å². The molecule has 2 saturated heterocycles. The number of anilines is 1. The molecule has 1 N–H and O–H groups in total. The van der Waals surface area contributed by atoms with E-state index in [0.717, 1.165) is 37.9 Å². The third-order valence-electron chi connectivity index (χ3n) is 5.11. The number of amides is 3. The Balaban J connectivity index is 1.60. The summed E-state index contributed by atoms with van der Waals surface area (Å²) in [6.45, 7) is 6.25. The second-order valence-corrected chi connectivity index (χ2v) is 6.89. The first-order valence-corrected chi connectivity index (χ1v) is 9.16. The van der Waals surface area contributed by atoms with E-state index in [1.54, 1.807) is 11.0 Å². The van der Waals surface area contributed by atoms with Crippen LogP contribution in [-0.4, -0.2) is 53.7 Å². The van der Waals surface area contributed by atoms with Crippen LogP contribution < -0.4 is 5.32 Å². The number of nitrogens with one attached hydrogen (secondary N) is 1. The zero-order chi connectivity index (χ0) is 18.5. The molecule has 1 aromatic carbocycles. The van der Waals surface area contributed by atoms with Gasteiger partial charge in [0, 0.05) is 31.9 Å². The molecule has 3 rings (SSSR count). The Labute approximate surface area is 153 Å². The molecule has 2 aliphatic heterocycles. The van der Waals surface area contributed by atoms with Crippen molar-refractivity contribution < 1.29 is 14.4 Å². The number of nitrogens with zero attached hydrogens (tertiary/aromatic N) is 2. The molecule has 0 aromatic heterocycles. The van der Waals surface area contributed by atoms with Crippen LogP contribution in [0, 0.1) is 5.92 Å². The Morgan fingerprint density at radius 2 is 1.85 bits per heavy atom. The fourth-order valence-electron chi connectivity index (χ4n) is 3.64. The summed E-state index contributed by atoms with van der Waals surface area (Å²) < 4.78 is 0. The fourth-order valence-corrected chi connectivity index (χ4v) is 3.64. The zero-order valence-corrected chi connectivity index (χ0v) is 14.9. The zero-order valence-electron chi connectivity index (χ0n) is 14.9. The van der Waals surface area contributed by atoms with Crippen molar-refractivity contribution in [2.45, 2.75) is 25.7 Å². The third-order valence-corrected chi connectivity index (χ3v) is 5.11. The molecule has 6 nitrogen and oxygen atoms in total. The number of hydrogen-bond acceptors (Lipinski definition) is 3. The van der Waals surface area contributed by atoms with Crippen molar-refractivity contribution >= 4 is 23.4 Å². The van der Waals surface area contributed by atoms with Gasteiger partial charge in [-0.15, -0.1) is 0 Å². The van der Waals surface area contributed by atoms with Gasteiger partial charge in [-0.2, -0.15) is 0 Å². The number of rotatable bonds is 5. The highest BCUT2D eigenvalue weighted by Gasteiger charge is 2.34. The number of benzene rings is 1. The van der Waals surface area contributed by atoms with E-state index in [9.17, 15) is 14.4 Å². The summed E-state index contributed by atoms with van der Waals surface area (Å²) in [5.74, 6) is -0.200. The number of likely N-dealkylation sites (tertiary alicyclic amines) is 2. The van der Waals surface area contributed by atoms with E-state index in [2.05, 4.69) is 11.9 Å². The van der Waals surface area contributed by atoms with Gasteiger partial charge in [0.05, 0.1) is 12.3 Å². The van der Waals surface area contributed by atoms with Crippen molar-refractivity contribution in [3.63, 3.8) is 0 Å². The van der Waals surface area contributed by atoms with Crippen molar-refractivity contribution in [3.05, 3.63) is 42.5 Å². The van der Waals surface area contributed by atoms with E-state index in [0.29, 0.717) is 18.8 Å². The van der Waals surface area contributed by atoms with Crippen LogP contribution in [0.15, 0.2) is 36.9 Å². The lowest BCUT2D eigenvalue weighted by atomic mass is 10.1. The van der Waals surface area contributed by atoms with Crippen LogP contribution in [0.2, 0.25) is 0 Å². The van der Waals surface area contributed by atoms with E-state index >= 15 is 0 Å². The molecular formula is C20H25N3O3. The average Bonchev–Trinajstić information content (AvgIpc) is 3.34. The molecule has 2 aliphatic rings. The molecular weight excluding hydrogens is 330 g/mol. The molecule has 138 valence electrons. The molecule has 1 aromatic rings. The van der Waals surface area contributed by atoms with Gasteiger partial charge in [0.2, 0.25) is 17.7 Å². The van der Waals surface area contributed by atoms with Gasteiger partial charge in [-0.1, -0.05) is 24.8 Å². The molecule has 0 saturated carbocycles. The summed E-state index contributed by atoms with van der Waals surface area (Å²) in [6.07, 6.45) is 4.30. The maximum atomic E-state index is 12.7. The lowest BCUT2D eigenvalue weighted by molar-refractivity contribution is -0.134. The Hall–Kier alpha value is -2.63. The van der Waals surface area contributed by atoms with Crippen LogP contribution >= 0.6 is 0 Å². The Morgan fingerprint density at radius 3 is 2.58 bits per heavy atom. The van der Waals surface area contributed by atoms with Crippen LogP contribution in [0.25, 0.3) is 0 Å². The van der Waals surface area contributed by atoms with Gasteiger partial charge in [0.15, 0.2) is 0 Å². The first-order valence-electron chi connectivity index (χ1n) is 9.16. The van der Waals surface area contributed by atoms with E-state index < -0.39 is 0 Å². The standard InChI is InChI=1S/C20H25N3O3/c1-2-18(24)21-17-8-4-3-7-15(17)13-19(25)23-12-9-16(14-23)20(26)22-10-5-6-11-22/h2-4,7-8,16H,1,5-6,9-14H2,(H,21,24). The molecule has 1 atom stereocenters. The summed E-state index contributed by atoms with van der Waals surface area (Å²) in [6, 6.07) is 7.26. The summed E-state index contributed by atoms with van der Waals surface area (Å²) in [5.41, 5.74) is 1.39. The maximum absolute atomic E-state index is 12.7. The Bertz CT molecular complexity index is 710. The van der Waals surface area contributed by atoms with Gasteiger partial charge in [-0.3, -0.25) is 14.4 Å². The number of para-hydroxylation sites is 1. The van der Waals surface area contributed by atoms with Crippen LogP contribution in [0.4, 0.5) is 5.69 Å². The Morgan fingerprint density at radius 1 is 1.12 bits per heavy atom. The van der Waals surface area contributed by atoms with Crippen LogP contribution in [0.3, 0.4) is 0 Å². The lowest BCUT2D eigenvalue weighted by Gasteiger charge is -2.21. The predicted octanol–water partition coefficient (Wildman–Crippen LogP) is 1.82. The molecule has 0 radical (unpaired) electrons. The largest absolute Gasteiger partial charge is 0.342 e. The number of hydrogen-bond donors (Lipinski definition) is 1. The van der Waals surface area contributed by atoms with Crippen molar-refractivity contribution in [1.82, 2.24) is 9.80 Å². The Kier molecular flexibility index (Phi) is 5.71. The molecule has 3 amide bonds. The summed E-state index contributed by atoms with van der Waals surface area (Å²) in [7, 11) is 0. The minimum Gasteiger partial charge on any atom is -0.342 e. The minimum atomic E-state index is -0.303. The van der Waals surface area contributed by atoms with Crippen molar-refractivity contribution in [3.8, 4) is 0 Å². The molecule has 1 unspecified atom stereocenters. The van der Waals surface area contributed by atoms with Crippen molar-refractivity contribution in [2.75, 3.05) is 31.5 Å². The van der Waals surface area contributed by atoms with E-state index in [1.807, 2.05) is 23.1 Å². The lowest BCUT2D eigenvalue weighted by Crippen LogP contribution is -2.36. The van der Waals surface area contributed by atoms with Crippen LogP contribution in [0.1, 0.15) is 24.8 Å². The second-order valence-electron chi connectivity index (χ2n) is 6.89. The predicted molar refractivity (Wildman–Crippen MR) is 99.5 cm³/mol. The van der Waals surface area contributed by atoms with E-state index in [4.69, 9.17) is 0 Å². The molecule has 6 heteroatoms. The molecule has 2 heterocycles. The van der Waals surface area contributed by atoms with Crippen molar-refractivity contribution in [2.24, 2.45) is 5.92 Å². The summed E-state index contributed by atoms with van der Waals surface area (Å²) >= 11 is 0. The van der Waals surface area contributed by atoms with Gasteiger partial charge < -0.3 is 15.1 Å². The van der Waals surface area contributed by atoms with Gasteiger partial charge in [-0.05, 0) is 37.0 Å². The molecule has 0 aliphatic carbocycles. The quantitative estimate of drug-likeness (QED) is 0.819. The van der Waals surface area contributed by atoms with Gasteiger partial charge in [-0.25, -0.2) is 0 Å². The summed E-state index contributed by atoms with van der Waals surface area (Å²) in [4.78, 5) is 40.4. The molecule has 0 bridgehead atoms. The third kappa shape index (κ3) is 4.12. The first-order chi connectivity index (χ1) is 12.6. The van der Waals surface area contributed by atoms with Gasteiger partial charge >= 0.3 is 0 Å². The normalized spacial score (nSPS) is 19.5. The second kappa shape index (κ2) is 8.17. The van der Waals surface area contributed by atoms with Crippen LogP contribution in [0.5, 0.6) is 0 Å². The molecule has 26 heavy (non-hydrogen) atoms. The highest BCUT2D eigenvalue weighted by Crippen LogP contribution is 2.23. The highest BCUT2D eigenvalue weighted by atomic mass is 16.2. The highest BCUT2D eigenvalue weighted by molar-refractivity contribution is 5.99. The van der Waals surface area contributed by atoms with Crippen molar-refractivity contribution in [1.29, 1.82) is 0 Å². The molecule has 0 spiro atoms. The SMILES string of the molecule is C=CC(=O)Nc1ccccc1CC(=O)N1CCC(C(=O)N2CCCC2)C1. The van der Waals surface area contributed by atoms with Gasteiger partial charge in [0.1, 0.15) is 0 Å². The minimum absolute atomic E-state index is 0.0120. The number of carbonyl (C=O) groups is 3. The van der Waals surface area contributed by atoms with E-state index in [1.165, 1.54) is 6.08 Å². The molecule has 2 fully saturated rings. The smallest absolute Gasteiger partial charge is 0.247 e. The monoisotopic (exact) mass is 355 g/mol. The van der Waals surface area contributed by atoms with Gasteiger partial charge in [0.25, 0.3) is 0 Å². The van der Waals surface area contributed by atoms with E-state index in [-0.39, 0.29) is 30.1 Å². The summed E-state index contributed by atoms with van der Waals surface area (Å²) in [5, 5.41) is 2.73. The maximum Gasteiger partial charge on any atom is 0.247 e. The average molecular weight is 355 g/mol. The topological polar surface area (TPSA) is 69.7 Å².